The molecule has 0 unspecified atom stereocenters. The van der Waals surface area contributed by atoms with Crippen LogP contribution in [0.4, 0.5) is 10.5 Å². The molecule has 31 heavy (non-hydrogen) atoms. The maximum absolute atomic E-state index is 11.8. The highest BCUT2D eigenvalue weighted by Crippen LogP contribution is 2.24. The van der Waals surface area contributed by atoms with Gasteiger partial charge in [0.15, 0.2) is 0 Å². The van der Waals surface area contributed by atoms with Crippen LogP contribution in [0.25, 0.3) is 0 Å². The normalized spacial score (nSPS) is 15.3. The van der Waals surface area contributed by atoms with Crippen LogP contribution in [-0.4, -0.2) is 41.1 Å². The number of nitrogens with one attached hydrogen (secondary N) is 1. The van der Waals surface area contributed by atoms with E-state index in [1.165, 1.54) is 28.6 Å². The number of benzene rings is 2. The maximum Gasteiger partial charge on any atom is 0.318 e. The molecule has 0 spiro atoms. The largest absolute Gasteiger partial charge is 0.351 e. The van der Waals surface area contributed by atoms with Gasteiger partial charge in [-0.05, 0) is 42.7 Å². The minimum Gasteiger partial charge on any atom is -0.351 e. The number of rotatable bonds is 4. The summed E-state index contributed by atoms with van der Waals surface area (Å²) in [6, 6.07) is 13.9. The van der Waals surface area contributed by atoms with Crippen molar-refractivity contribution in [1.82, 2.24) is 5.32 Å². The van der Waals surface area contributed by atoms with E-state index < -0.39 is 32.0 Å². The third-order valence-electron chi connectivity index (χ3n) is 4.27. The van der Waals surface area contributed by atoms with E-state index in [9.17, 15) is 26.4 Å². The summed E-state index contributed by atoms with van der Waals surface area (Å²) in [6.45, 7) is 0.428. The minimum atomic E-state index is -3.75. The van der Waals surface area contributed by atoms with E-state index in [1.54, 1.807) is 12.1 Å². The molecule has 1 heterocycles. The molecule has 0 atom stereocenters. The lowest BCUT2D eigenvalue weighted by Crippen LogP contribution is -2.37. The number of carbonyl (C=O) groups is 2. The number of urea groups is 1. The Morgan fingerprint density at radius 2 is 1.61 bits per heavy atom. The molecule has 1 saturated heterocycles. The number of nitrogens with two attached hydrogens (primary N) is 2. The fraction of sp³-hybridized carbons (Fsp3) is 0.263. The summed E-state index contributed by atoms with van der Waals surface area (Å²) in [5.41, 5.74) is 6.10. The van der Waals surface area contributed by atoms with Crippen molar-refractivity contribution in [3.05, 3.63) is 60.2 Å². The van der Waals surface area contributed by atoms with Crippen LogP contribution in [-0.2, 0) is 31.3 Å². The van der Waals surface area contributed by atoms with Gasteiger partial charge in [0.2, 0.25) is 26.0 Å². The van der Waals surface area contributed by atoms with Gasteiger partial charge in [0.25, 0.3) is 0 Å². The molecule has 12 heteroatoms. The summed E-state index contributed by atoms with van der Waals surface area (Å²) < 4.78 is 47.2. The van der Waals surface area contributed by atoms with Crippen LogP contribution in [0.1, 0.15) is 18.4 Å². The van der Waals surface area contributed by atoms with Crippen LogP contribution in [0.3, 0.4) is 0 Å². The molecule has 0 bridgehead atoms. The van der Waals surface area contributed by atoms with Crippen LogP contribution >= 0.6 is 0 Å². The van der Waals surface area contributed by atoms with Gasteiger partial charge in [0, 0.05) is 6.54 Å². The lowest BCUT2D eigenvalue weighted by Gasteiger charge is -2.28. The Labute approximate surface area is 181 Å². The predicted octanol–water partition coefficient (Wildman–Crippen LogP) is 0.688. The average molecular weight is 469 g/mol. The van der Waals surface area contributed by atoms with Gasteiger partial charge in [-0.2, -0.15) is 0 Å². The molecule has 3 amide bonds. The van der Waals surface area contributed by atoms with Crippen LogP contribution in [0.2, 0.25) is 0 Å². The SMILES string of the molecule is NC(=O)NC(=O)Cc1ccccc1.NS(=O)(=O)c1ccc(N2CCCCS2(=O)=O)cc1. The van der Waals surface area contributed by atoms with Gasteiger partial charge in [-0.3, -0.25) is 14.4 Å². The number of primary sulfonamides is 1. The van der Waals surface area contributed by atoms with Crippen molar-refractivity contribution in [2.45, 2.75) is 24.2 Å². The molecule has 2 aromatic rings. The standard InChI is InChI=1S/C10H14N2O4S2.C9H10N2O2/c11-18(15,16)10-5-3-9(4-6-10)12-7-1-2-8-17(12,13)14;10-9(13)11-8(12)6-7-4-2-1-3-5-7/h3-6H,1-2,7-8H2,(H2,11,15,16);1-5H,6H2,(H3,10,11,12,13). The van der Waals surface area contributed by atoms with E-state index in [2.05, 4.69) is 0 Å². The van der Waals surface area contributed by atoms with Gasteiger partial charge < -0.3 is 5.73 Å². The van der Waals surface area contributed by atoms with Crippen molar-refractivity contribution in [3.63, 3.8) is 0 Å². The summed E-state index contributed by atoms with van der Waals surface area (Å²) in [5.74, 6) is -0.261. The van der Waals surface area contributed by atoms with E-state index in [4.69, 9.17) is 10.9 Å². The number of sulfonamides is 2. The summed E-state index contributed by atoms with van der Waals surface area (Å²) in [7, 11) is -7.02. The van der Waals surface area contributed by atoms with E-state index in [-0.39, 0.29) is 17.1 Å². The number of hydrogen-bond donors (Lipinski definition) is 3. The molecule has 0 aliphatic carbocycles. The Morgan fingerprint density at radius 1 is 1.00 bits per heavy atom. The first kappa shape index (κ1) is 24.3. The van der Waals surface area contributed by atoms with Gasteiger partial charge in [-0.25, -0.2) is 26.8 Å². The lowest BCUT2D eigenvalue weighted by molar-refractivity contribution is -0.119. The molecule has 0 saturated carbocycles. The molecule has 3 rings (SSSR count). The van der Waals surface area contributed by atoms with E-state index in [0.29, 0.717) is 18.7 Å². The molecule has 1 aliphatic heterocycles. The third kappa shape index (κ3) is 7.66. The van der Waals surface area contributed by atoms with Crippen LogP contribution in [0.15, 0.2) is 59.5 Å². The van der Waals surface area contributed by atoms with Crippen molar-refractivity contribution < 1.29 is 26.4 Å². The molecule has 1 fully saturated rings. The van der Waals surface area contributed by atoms with Gasteiger partial charge in [-0.15, -0.1) is 0 Å². The highest BCUT2D eigenvalue weighted by molar-refractivity contribution is 7.92. The molecule has 0 radical (unpaired) electrons. The van der Waals surface area contributed by atoms with E-state index in [1.807, 2.05) is 23.5 Å². The topological polar surface area (TPSA) is 170 Å². The van der Waals surface area contributed by atoms with Crippen LogP contribution in [0.5, 0.6) is 0 Å². The zero-order valence-corrected chi connectivity index (χ0v) is 18.2. The smallest absolute Gasteiger partial charge is 0.318 e. The Balaban J connectivity index is 0.000000233. The summed E-state index contributed by atoms with van der Waals surface area (Å²) in [5, 5.41) is 6.97. The summed E-state index contributed by atoms with van der Waals surface area (Å²) in [6.07, 6.45) is 1.63. The molecule has 10 nitrogen and oxygen atoms in total. The first-order valence-electron chi connectivity index (χ1n) is 9.25. The Bertz CT molecular complexity index is 1120. The fourth-order valence-corrected chi connectivity index (χ4v) is 5.00. The second-order valence-corrected chi connectivity index (χ2v) is 10.3. The van der Waals surface area contributed by atoms with Gasteiger partial charge in [0.1, 0.15) is 0 Å². The number of amides is 3. The molecule has 5 N–H and O–H groups in total. The predicted molar refractivity (Wildman–Crippen MR) is 116 cm³/mol. The molecule has 2 aromatic carbocycles. The zero-order chi connectivity index (χ0) is 23.1. The quantitative estimate of drug-likeness (QED) is 0.596. The number of carbonyl (C=O) groups excluding carboxylic acids is 2. The van der Waals surface area contributed by atoms with Crippen LogP contribution < -0.4 is 20.5 Å². The molecule has 168 valence electrons. The van der Waals surface area contributed by atoms with E-state index in [0.717, 1.165) is 12.0 Å². The molecule has 0 aromatic heterocycles. The van der Waals surface area contributed by atoms with Crippen molar-refractivity contribution in [3.8, 4) is 0 Å². The van der Waals surface area contributed by atoms with E-state index >= 15 is 0 Å². The number of nitrogens with zero attached hydrogens (tertiary/aromatic N) is 1. The lowest BCUT2D eigenvalue weighted by atomic mass is 10.1. The third-order valence-corrected chi connectivity index (χ3v) is 7.07. The monoisotopic (exact) mass is 468 g/mol. The average Bonchev–Trinajstić information content (AvgIpc) is 2.68. The highest BCUT2D eigenvalue weighted by Gasteiger charge is 2.26. The van der Waals surface area contributed by atoms with Crippen LogP contribution in [0, 0.1) is 0 Å². The van der Waals surface area contributed by atoms with Crippen molar-refractivity contribution in [2.24, 2.45) is 10.9 Å². The summed E-state index contributed by atoms with van der Waals surface area (Å²) in [4.78, 5) is 21.3. The molecular formula is C19H24N4O6S2. The van der Waals surface area contributed by atoms with Crippen molar-refractivity contribution >= 4 is 37.7 Å². The summed E-state index contributed by atoms with van der Waals surface area (Å²) >= 11 is 0. The minimum absolute atomic E-state index is 0.0272. The Morgan fingerprint density at radius 3 is 2.13 bits per heavy atom. The Hall–Kier alpha value is -2.96. The van der Waals surface area contributed by atoms with Crippen molar-refractivity contribution in [2.75, 3.05) is 16.6 Å². The fourth-order valence-electron chi connectivity index (χ4n) is 2.84. The first-order chi connectivity index (χ1) is 14.5. The first-order valence-corrected chi connectivity index (χ1v) is 12.4. The number of hydrogen-bond acceptors (Lipinski definition) is 6. The second-order valence-electron chi connectivity index (χ2n) is 6.71. The number of primary amides is 1. The number of anilines is 1. The Kier molecular flexibility index (Phi) is 8.14. The van der Waals surface area contributed by atoms with Gasteiger partial charge in [-0.1, -0.05) is 30.3 Å². The number of imide groups is 1. The highest BCUT2D eigenvalue weighted by atomic mass is 32.2. The zero-order valence-electron chi connectivity index (χ0n) is 16.6. The van der Waals surface area contributed by atoms with Gasteiger partial charge in [0.05, 0.1) is 22.8 Å². The second kappa shape index (κ2) is 10.4. The maximum atomic E-state index is 11.8. The van der Waals surface area contributed by atoms with Crippen molar-refractivity contribution in [1.29, 1.82) is 0 Å². The van der Waals surface area contributed by atoms with Gasteiger partial charge >= 0.3 is 6.03 Å². The molecule has 1 aliphatic rings. The molecular weight excluding hydrogens is 444 g/mol.